The number of nitrogens with one attached hydrogen (secondary N) is 1. The van der Waals surface area contributed by atoms with Gasteiger partial charge in [0.2, 0.25) is 0 Å². The molecule has 160 valence electrons. The van der Waals surface area contributed by atoms with E-state index in [1.54, 1.807) is 14.2 Å². The van der Waals surface area contributed by atoms with E-state index in [0.29, 0.717) is 36.9 Å². The third-order valence-electron chi connectivity index (χ3n) is 4.81. The van der Waals surface area contributed by atoms with E-state index in [0.717, 1.165) is 34.1 Å². The number of carbonyl (C=O) groups excluding carboxylic acids is 1. The largest absolute Gasteiger partial charge is 0.385 e. The first-order chi connectivity index (χ1) is 14.6. The summed E-state index contributed by atoms with van der Waals surface area (Å²) in [5.74, 6) is -0.0948. The first-order valence-electron chi connectivity index (χ1n) is 9.73. The summed E-state index contributed by atoms with van der Waals surface area (Å²) in [6.07, 6.45) is 0.770. The van der Waals surface area contributed by atoms with Gasteiger partial charge in [-0.1, -0.05) is 29.8 Å². The Balaban J connectivity index is 1.92. The first-order valence-corrected chi connectivity index (χ1v) is 11.0. The molecular formula is C22H26ClN3O3S. The summed E-state index contributed by atoms with van der Waals surface area (Å²) >= 11 is 7.87. The van der Waals surface area contributed by atoms with E-state index in [1.807, 2.05) is 42.6 Å². The van der Waals surface area contributed by atoms with Crippen molar-refractivity contribution in [2.45, 2.75) is 19.9 Å². The summed E-state index contributed by atoms with van der Waals surface area (Å²) in [5.41, 5.74) is 4.14. The van der Waals surface area contributed by atoms with Crippen LogP contribution in [-0.4, -0.2) is 49.4 Å². The molecule has 3 rings (SSSR count). The summed E-state index contributed by atoms with van der Waals surface area (Å²) in [7, 11) is 3.32. The molecule has 0 aliphatic carbocycles. The second-order valence-corrected chi connectivity index (χ2v) is 8.06. The van der Waals surface area contributed by atoms with Crippen molar-refractivity contribution in [1.82, 2.24) is 14.9 Å². The summed E-state index contributed by atoms with van der Waals surface area (Å²) in [4.78, 5) is 17.5. The Labute approximate surface area is 185 Å². The Kier molecular flexibility index (Phi) is 8.04. The average Bonchev–Trinajstić information content (AvgIpc) is 3.35. The molecule has 2 heterocycles. The van der Waals surface area contributed by atoms with Gasteiger partial charge in [0.05, 0.1) is 28.6 Å². The van der Waals surface area contributed by atoms with Crippen molar-refractivity contribution in [3.05, 3.63) is 52.0 Å². The van der Waals surface area contributed by atoms with Crippen LogP contribution in [0.1, 0.15) is 22.5 Å². The van der Waals surface area contributed by atoms with E-state index < -0.39 is 0 Å². The molecule has 0 fully saturated rings. The Hall–Kier alpha value is -2.19. The number of thiazole rings is 1. The minimum absolute atomic E-state index is 0.0948. The fourth-order valence-corrected chi connectivity index (χ4v) is 4.36. The lowest BCUT2D eigenvalue weighted by molar-refractivity contribution is 0.0947. The Morgan fingerprint density at radius 1 is 1.23 bits per heavy atom. The molecule has 0 saturated heterocycles. The van der Waals surface area contributed by atoms with Crippen molar-refractivity contribution < 1.29 is 14.3 Å². The minimum atomic E-state index is -0.0948. The van der Waals surface area contributed by atoms with Crippen LogP contribution in [0, 0.1) is 6.92 Å². The molecule has 1 aromatic carbocycles. The van der Waals surface area contributed by atoms with E-state index in [4.69, 9.17) is 26.1 Å². The van der Waals surface area contributed by atoms with Gasteiger partial charge in [-0.2, -0.15) is 0 Å². The van der Waals surface area contributed by atoms with Gasteiger partial charge in [-0.25, -0.2) is 4.98 Å². The normalized spacial score (nSPS) is 11.1. The van der Waals surface area contributed by atoms with Crippen molar-refractivity contribution in [3.8, 4) is 22.0 Å². The summed E-state index contributed by atoms with van der Waals surface area (Å²) in [6.45, 7) is 4.30. The van der Waals surface area contributed by atoms with Crippen LogP contribution in [0.15, 0.2) is 35.7 Å². The van der Waals surface area contributed by atoms with Gasteiger partial charge in [-0.3, -0.25) is 4.79 Å². The number of hydrogen-bond acceptors (Lipinski definition) is 5. The van der Waals surface area contributed by atoms with Crippen LogP contribution in [0.3, 0.4) is 0 Å². The number of amides is 1. The SMILES string of the molecule is COCCCNC(=O)c1cc(-c2csc(-c3ccccc3Cl)n2)n(CCOC)c1C. The maximum Gasteiger partial charge on any atom is 0.253 e. The molecule has 0 saturated carbocycles. The van der Waals surface area contributed by atoms with Crippen LogP contribution in [0.4, 0.5) is 0 Å². The number of benzene rings is 1. The fraction of sp³-hybridized carbons (Fsp3) is 0.364. The number of ether oxygens (including phenoxy) is 2. The van der Waals surface area contributed by atoms with Gasteiger partial charge in [0.1, 0.15) is 5.01 Å². The molecule has 30 heavy (non-hydrogen) atoms. The monoisotopic (exact) mass is 447 g/mol. The highest BCUT2D eigenvalue weighted by molar-refractivity contribution is 7.13. The van der Waals surface area contributed by atoms with E-state index in [2.05, 4.69) is 9.88 Å². The summed E-state index contributed by atoms with van der Waals surface area (Å²) in [6, 6.07) is 9.56. The highest BCUT2D eigenvalue weighted by Crippen LogP contribution is 2.34. The number of halogens is 1. The Morgan fingerprint density at radius 2 is 2.00 bits per heavy atom. The Bertz CT molecular complexity index is 999. The topological polar surface area (TPSA) is 65.4 Å². The highest BCUT2D eigenvalue weighted by Gasteiger charge is 2.20. The lowest BCUT2D eigenvalue weighted by Gasteiger charge is -2.10. The van der Waals surface area contributed by atoms with E-state index in [9.17, 15) is 4.79 Å². The second-order valence-electron chi connectivity index (χ2n) is 6.79. The molecule has 3 aromatic rings. The molecule has 0 radical (unpaired) electrons. The van der Waals surface area contributed by atoms with Gasteiger partial charge in [0.25, 0.3) is 5.91 Å². The van der Waals surface area contributed by atoms with E-state index >= 15 is 0 Å². The molecule has 0 aliphatic rings. The molecule has 0 bridgehead atoms. The van der Waals surface area contributed by atoms with Gasteiger partial charge >= 0.3 is 0 Å². The lowest BCUT2D eigenvalue weighted by Crippen LogP contribution is -2.25. The fourth-order valence-electron chi connectivity index (χ4n) is 3.22. The predicted octanol–water partition coefficient (Wildman–Crippen LogP) is 4.65. The van der Waals surface area contributed by atoms with Gasteiger partial charge < -0.3 is 19.4 Å². The zero-order valence-corrected chi connectivity index (χ0v) is 19.0. The minimum Gasteiger partial charge on any atom is -0.385 e. The molecule has 2 aromatic heterocycles. The zero-order valence-electron chi connectivity index (χ0n) is 17.4. The Morgan fingerprint density at radius 3 is 2.73 bits per heavy atom. The van der Waals surface area contributed by atoms with Crippen LogP contribution < -0.4 is 5.32 Å². The average molecular weight is 448 g/mol. The first kappa shape index (κ1) is 22.5. The van der Waals surface area contributed by atoms with Crippen molar-refractivity contribution in [1.29, 1.82) is 0 Å². The molecule has 0 unspecified atom stereocenters. The smallest absolute Gasteiger partial charge is 0.253 e. The molecule has 0 aliphatic heterocycles. The van der Waals surface area contributed by atoms with Gasteiger partial charge in [0, 0.05) is 50.6 Å². The van der Waals surface area contributed by atoms with Crippen LogP contribution in [0.5, 0.6) is 0 Å². The maximum absolute atomic E-state index is 12.7. The molecule has 0 atom stereocenters. The number of carbonyl (C=O) groups is 1. The summed E-state index contributed by atoms with van der Waals surface area (Å²) < 4.78 is 12.4. The number of aromatic nitrogens is 2. The van der Waals surface area contributed by atoms with Crippen molar-refractivity contribution in [2.24, 2.45) is 0 Å². The van der Waals surface area contributed by atoms with Crippen molar-refractivity contribution in [3.63, 3.8) is 0 Å². The highest BCUT2D eigenvalue weighted by atomic mass is 35.5. The summed E-state index contributed by atoms with van der Waals surface area (Å²) in [5, 5.41) is 6.47. The molecule has 0 spiro atoms. The van der Waals surface area contributed by atoms with Crippen molar-refractivity contribution in [2.75, 3.05) is 34.0 Å². The number of rotatable bonds is 10. The quantitative estimate of drug-likeness (QED) is 0.459. The zero-order chi connectivity index (χ0) is 21.5. The molecule has 1 N–H and O–H groups in total. The van der Waals surface area contributed by atoms with Crippen LogP contribution in [0.25, 0.3) is 22.0 Å². The standard InChI is InChI=1S/C22H26ClN3O3S/c1-15-17(21(27)24-9-6-11-28-2)13-20(26(15)10-12-29-3)19-14-30-22(25-19)16-7-4-5-8-18(16)23/h4-5,7-8,13-14H,6,9-12H2,1-3H3,(H,24,27). The van der Waals surface area contributed by atoms with Gasteiger partial charge in [-0.15, -0.1) is 11.3 Å². The van der Waals surface area contributed by atoms with Gasteiger partial charge in [-0.05, 0) is 25.5 Å². The predicted molar refractivity (Wildman–Crippen MR) is 121 cm³/mol. The van der Waals surface area contributed by atoms with Crippen LogP contribution in [0.2, 0.25) is 5.02 Å². The molecule has 8 heteroatoms. The number of hydrogen-bond donors (Lipinski definition) is 1. The molecular weight excluding hydrogens is 422 g/mol. The van der Waals surface area contributed by atoms with Crippen molar-refractivity contribution >= 4 is 28.8 Å². The second kappa shape index (κ2) is 10.7. The molecule has 1 amide bonds. The maximum atomic E-state index is 12.7. The van der Waals surface area contributed by atoms with Gasteiger partial charge in [0.15, 0.2) is 0 Å². The molecule has 6 nitrogen and oxygen atoms in total. The van der Waals surface area contributed by atoms with Crippen LogP contribution >= 0.6 is 22.9 Å². The third kappa shape index (κ3) is 5.10. The third-order valence-corrected chi connectivity index (χ3v) is 6.02. The number of nitrogens with zero attached hydrogens (tertiary/aromatic N) is 2. The van der Waals surface area contributed by atoms with Crippen LogP contribution in [-0.2, 0) is 16.0 Å². The van der Waals surface area contributed by atoms with E-state index in [-0.39, 0.29) is 5.91 Å². The lowest BCUT2D eigenvalue weighted by atomic mass is 10.2. The van der Waals surface area contributed by atoms with E-state index in [1.165, 1.54) is 11.3 Å². The number of methoxy groups -OCH3 is 2.